The lowest BCUT2D eigenvalue weighted by molar-refractivity contribution is -0.133. The first-order valence-electron chi connectivity index (χ1n) is 11.8. The van der Waals surface area contributed by atoms with Gasteiger partial charge in [0, 0.05) is 26.2 Å². The largest absolute Gasteiger partial charge is 0.462 e. The van der Waals surface area contributed by atoms with Crippen LogP contribution in [0.4, 0.5) is 0 Å². The second-order valence-electron chi connectivity index (χ2n) is 8.95. The van der Waals surface area contributed by atoms with E-state index in [4.69, 9.17) is 16.3 Å². The molecule has 1 saturated heterocycles. The van der Waals surface area contributed by atoms with Crippen molar-refractivity contribution in [3.63, 3.8) is 0 Å². The first-order chi connectivity index (χ1) is 17.1. The number of hydrogen-bond acceptors (Lipinski definition) is 6. The van der Waals surface area contributed by atoms with Gasteiger partial charge in [-0.05, 0) is 57.1 Å². The molecule has 190 valence electrons. The van der Waals surface area contributed by atoms with Crippen molar-refractivity contribution in [2.75, 3.05) is 39.8 Å². The van der Waals surface area contributed by atoms with E-state index in [1.54, 1.807) is 56.0 Å². The third kappa shape index (κ3) is 4.56. The highest BCUT2D eigenvalue weighted by Gasteiger charge is 2.26. The molecule has 1 aromatic heterocycles. The van der Waals surface area contributed by atoms with Crippen LogP contribution in [0.15, 0.2) is 39.9 Å². The predicted octanol–water partition coefficient (Wildman–Crippen LogP) is 2.37. The zero-order valence-electron chi connectivity index (χ0n) is 20.8. The van der Waals surface area contributed by atoms with E-state index in [9.17, 15) is 19.2 Å². The molecule has 0 spiro atoms. The number of ether oxygens (including phenoxy) is 1. The summed E-state index contributed by atoms with van der Waals surface area (Å²) in [5.74, 6) is -0.773. The van der Waals surface area contributed by atoms with Crippen LogP contribution < -0.4 is 11.2 Å². The highest BCUT2D eigenvalue weighted by molar-refractivity contribution is 6.32. The number of aryl methyl sites for hydroxylation is 2. The third-order valence-corrected chi connectivity index (χ3v) is 6.93. The van der Waals surface area contributed by atoms with E-state index < -0.39 is 17.2 Å². The molecule has 0 aliphatic carbocycles. The zero-order valence-corrected chi connectivity index (χ0v) is 21.6. The Bertz CT molecular complexity index is 1470. The van der Waals surface area contributed by atoms with Crippen molar-refractivity contribution in [3.8, 4) is 5.69 Å². The maximum Gasteiger partial charge on any atom is 0.338 e. The second kappa shape index (κ2) is 10.3. The van der Waals surface area contributed by atoms with E-state index in [1.165, 1.54) is 4.57 Å². The maximum absolute atomic E-state index is 13.8. The van der Waals surface area contributed by atoms with Crippen molar-refractivity contribution in [3.05, 3.63) is 72.9 Å². The summed E-state index contributed by atoms with van der Waals surface area (Å²) in [6, 6.07) is 8.12. The van der Waals surface area contributed by atoms with E-state index in [0.717, 1.165) is 17.7 Å². The van der Waals surface area contributed by atoms with Gasteiger partial charge in [-0.1, -0.05) is 23.7 Å². The molecule has 0 unspecified atom stereocenters. The molecule has 3 aromatic rings. The molecular weight excluding hydrogens is 484 g/mol. The van der Waals surface area contributed by atoms with Crippen LogP contribution in [0.25, 0.3) is 16.6 Å². The molecule has 0 atom stereocenters. The average Bonchev–Trinajstić information content (AvgIpc) is 2.83. The van der Waals surface area contributed by atoms with Crippen LogP contribution in [0.3, 0.4) is 0 Å². The number of nitrogens with zero attached hydrogens (tertiary/aromatic N) is 4. The summed E-state index contributed by atoms with van der Waals surface area (Å²) in [7, 11) is 1.99. The Hall–Kier alpha value is -3.43. The van der Waals surface area contributed by atoms with Crippen molar-refractivity contribution < 1.29 is 14.3 Å². The fourth-order valence-electron chi connectivity index (χ4n) is 4.67. The van der Waals surface area contributed by atoms with Crippen LogP contribution in [-0.2, 0) is 16.1 Å². The van der Waals surface area contributed by atoms with Gasteiger partial charge in [0.15, 0.2) is 0 Å². The van der Waals surface area contributed by atoms with Crippen molar-refractivity contribution in [2.24, 2.45) is 0 Å². The monoisotopic (exact) mass is 512 g/mol. The van der Waals surface area contributed by atoms with Gasteiger partial charge in [-0.25, -0.2) is 14.2 Å². The van der Waals surface area contributed by atoms with E-state index in [2.05, 4.69) is 4.90 Å². The van der Waals surface area contributed by atoms with Crippen LogP contribution >= 0.6 is 11.6 Å². The lowest BCUT2D eigenvalue weighted by Gasteiger charge is -2.32. The molecule has 0 saturated carbocycles. The van der Waals surface area contributed by atoms with Gasteiger partial charge in [-0.2, -0.15) is 0 Å². The number of halogens is 1. The molecule has 0 bridgehead atoms. The Morgan fingerprint density at radius 3 is 2.36 bits per heavy atom. The summed E-state index contributed by atoms with van der Waals surface area (Å²) < 4.78 is 7.49. The lowest BCUT2D eigenvalue weighted by atomic mass is 9.98. The van der Waals surface area contributed by atoms with E-state index >= 15 is 0 Å². The van der Waals surface area contributed by atoms with Crippen LogP contribution in [0.1, 0.15) is 28.4 Å². The van der Waals surface area contributed by atoms with Gasteiger partial charge in [-0.3, -0.25) is 14.2 Å². The van der Waals surface area contributed by atoms with Gasteiger partial charge in [0.1, 0.15) is 6.54 Å². The Balaban J connectivity index is 2.00. The molecule has 1 aliphatic rings. The zero-order chi connectivity index (χ0) is 26.1. The Morgan fingerprint density at radius 1 is 1.06 bits per heavy atom. The number of aromatic nitrogens is 2. The van der Waals surface area contributed by atoms with Crippen molar-refractivity contribution in [1.82, 2.24) is 18.9 Å². The number of para-hydroxylation sites is 1. The van der Waals surface area contributed by atoms with Crippen LogP contribution in [0.2, 0.25) is 5.02 Å². The number of piperazine rings is 1. The Kier molecular flexibility index (Phi) is 7.33. The van der Waals surface area contributed by atoms with Crippen LogP contribution in [0, 0.1) is 13.8 Å². The molecule has 1 amide bonds. The fourth-order valence-corrected chi connectivity index (χ4v) is 4.89. The number of hydrogen-bond donors (Lipinski definition) is 0. The Labute approximate surface area is 213 Å². The average molecular weight is 513 g/mol. The minimum Gasteiger partial charge on any atom is -0.462 e. The molecule has 36 heavy (non-hydrogen) atoms. The van der Waals surface area contributed by atoms with Crippen molar-refractivity contribution in [1.29, 1.82) is 0 Å². The SMILES string of the molecule is CCOC(=O)c1c(C)cc2c(c1C)c(=O)n(-c1ccccc1Cl)c(=O)n2CC(=O)N1CCN(C)CC1. The fraction of sp³-hybridized carbons (Fsp3) is 0.385. The highest BCUT2D eigenvalue weighted by atomic mass is 35.5. The first-order valence-corrected chi connectivity index (χ1v) is 12.2. The second-order valence-corrected chi connectivity index (χ2v) is 9.36. The summed E-state index contributed by atoms with van der Waals surface area (Å²) in [6.07, 6.45) is 0. The number of likely N-dealkylation sites (N-methyl/N-ethyl adjacent to an activating group) is 1. The van der Waals surface area contributed by atoms with E-state index in [1.807, 2.05) is 7.05 Å². The molecule has 2 aromatic carbocycles. The summed E-state index contributed by atoms with van der Waals surface area (Å²) >= 11 is 6.37. The molecule has 0 radical (unpaired) electrons. The summed E-state index contributed by atoms with van der Waals surface area (Å²) in [6.45, 7) is 7.58. The van der Waals surface area contributed by atoms with Gasteiger partial charge in [-0.15, -0.1) is 0 Å². The minimum absolute atomic E-state index is 0.161. The van der Waals surface area contributed by atoms with Crippen LogP contribution in [-0.4, -0.2) is 70.6 Å². The number of esters is 1. The first kappa shape index (κ1) is 25.7. The molecular formula is C26H29ClN4O5. The molecule has 10 heteroatoms. The number of amides is 1. The molecule has 9 nitrogen and oxygen atoms in total. The highest BCUT2D eigenvalue weighted by Crippen LogP contribution is 2.25. The predicted molar refractivity (Wildman–Crippen MR) is 138 cm³/mol. The number of carbonyl (C=O) groups excluding carboxylic acids is 2. The van der Waals surface area contributed by atoms with Gasteiger partial charge in [0.2, 0.25) is 5.91 Å². The van der Waals surface area contributed by atoms with Gasteiger partial charge in [0.25, 0.3) is 5.56 Å². The number of fused-ring (bicyclic) bond motifs is 1. The normalized spacial score (nSPS) is 14.3. The Morgan fingerprint density at radius 2 is 1.72 bits per heavy atom. The topological polar surface area (TPSA) is 93.8 Å². The molecule has 0 N–H and O–H groups in total. The van der Waals surface area contributed by atoms with Crippen molar-refractivity contribution >= 4 is 34.4 Å². The number of rotatable bonds is 5. The van der Waals surface area contributed by atoms with Crippen LogP contribution in [0.5, 0.6) is 0 Å². The maximum atomic E-state index is 13.8. The quantitative estimate of drug-likeness (QED) is 0.487. The van der Waals surface area contributed by atoms with E-state index in [0.29, 0.717) is 29.7 Å². The van der Waals surface area contributed by atoms with Gasteiger partial charge < -0.3 is 14.5 Å². The van der Waals surface area contributed by atoms with Crippen molar-refractivity contribution in [2.45, 2.75) is 27.3 Å². The molecule has 2 heterocycles. The standard InChI is InChI=1S/C26H29ClN4O5/c1-5-36-25(34)22-16(2)14-20-23(17(22)3)24(33)31(19-9-7-6-8-18(19)27)26(35)30(20)15-21(32)29-12-10-28(4)11-13-29/h6-9,14H,5,10-13,15H2,1-4H3. The third-order valence-electron chi connectivity index (χ3n) is 6.61. The molecule has 4 rings (SSSR count). The van der Waals surface area contributed by atoms with E-state index in [-0.39, 0.29) is 40.7 Å². The summed E-state index contributed by atoms with van der Waals surface area (Å²) in [4.78, 5) is 57.4. The smallest absolute Gasteiger partial charge is 0.338 e. The van der Waals surface area contributed by atoms with Gasteiger partial charge in [0.05, 0.1) is 33.8 Å². The molecule has 1 fully saturated rings. The molecule has 1 aliphatic heterocycles. The number of benzene rings is 2. The number of carbonyl (C=O) groups is 2. The summed E-state index contributed by atoms with van der Waals surface area (Å²) in [5, 5.41) is 0.373. The van der Waals surface area contributed by atoms with Gasteiger partial charge >= 0.3 is 11.7 Å². The minimum atomic E-state index is -0.675. The summed E-state index contributed by atoms with van der Waals surface area (Å²) in [5.41, 5.74) is 0.403. The lowest BCUT2D eigenvalue weighted by Crippen LogP contribution is -2.49.